The van der Waals surface area contributed by atoms with E-state index < -0.39 is 0 Å². The van der Waals surface area contributed by atoms with E-state index in [2.05, 4.69) is 5.32 Å². The van der Waals surface area contributed by atoms with Gasteiger partial charge in [-0.25, -0.2) is 4.39 Å². The molecule has 1 atom stereocenters. The SMILES string of the molecule is CCNC(C)c1ccc(O)cc1F. The van der Waals surface area contributed by atoms with Gasteiger partial charge in [0.15, 0.2) is 0 Å². The molecule has 13 heavy (non-hydrogen) atoms. The van der Waals surface area contributed by atoms with Crippen LogP contribution in [0.25, 0.3) is 0 Å². The molecule has 0 saturated carbocycles. The highest BCUT2D eigenvalue weighted by Gasteiger charge is 2.09. The first-order chi connectivity index (χ1) is 6.15. The Balaban J connectivity index is 2.88. The van der Waals surface area contributed by atoms with E-state index in [1.807, 2.05) is 13.8 Å². The smallest absolute Gasteiger partial charge is 0.131 e. The van der Waals surface area contributed by atoms with Gasteiger partial charge in [0.2, 0.25) is 0 Å². The van der Waals surface area contributed by atoms with Gasteiger partial charge in [-0.2, -0.15) is 0 Å². The van der Waals surface area contributed by atoms with Gasteiger partial charge in [0.05, 0.1) is 0 Å². The maximum Gasteiger partial charge on any atom is 0.131 e. The van der Waals surface area contributed by atoms with E-state index >= 15 is 0 Å². The number of rotatable bonds is 3. The van der Waals surface area contributed by atoms with Crippen LogP contribution in [-0.2, 0) is 0 Å². The van der Waals surface area contributed by atoms with Crippen LogP contribution in [0.4, 0.5) is 4.39 Å². The highest BCUT2D eigenvalue weighted by molar-refractivity contribution is 5.29. The minimum Gasteiger partial charge on any atom is -0.508 e. The van der Waals surface area contributed by atoms with E-state index in [1.54, 1.807) is 6.07 Å². The summed E-state index contributed by atoms with van der Waals surface area (Å²) in [6.45, 7) is 4.65. The van der Waals surface area contributed by atoms with E-state index in [-0.39, 0.29) is 17.6 Å². The molecule has 0 spiro atoms. The second-order valence-corrected chi connectivity index (χ2v) is 2.99. The fourth-order valence-corrected chi connectivity index (χ4v) is 1.28. The molecule has 72 valence electrons. The highest BCUT2D eigenvalue weighted by Crippen LogP contribution is 2.20. The van der Waals surface area contributed by atoms with Gasteiger partial charge in [0, 0.05) is 17.7 Å². The van der Waals surface area contributed by atoms with Crippen LogP contribution in [-0.4, -0.2) is 11.7 Å². The molecule has 0 heterocycles. The van der Waals surface area contributed by atoms with Crippen molar-refractivity contribution in [3.05, 3.63) is 29.6 Å². The minimum atomic E-state index is -0.367. The van der Waals surface area contributed by atoms with Crippen molar-refractivity contribution in [3.63, 3.8) is 0 Å². The highest BCUT2D eigenvalue weighted by atomic mass is 19.1. The van der Waals surface area contributed by atoms with Crippen molar-refractivity contribution >= 4 is 0 Å². The second-order valence-electron chi connectivity index (χ2n) is 2.99. The lowest BCUT2D eigenvalue weighted by molar-refractivity contribution is 0.464. The average molecular weight is 183 g/mol. The van der Waals surface area contributed by atoms with Crippen LogP contribution in [0.3, 0.4) is 0 Å². The largest absolute Gasteiger partial charge is 0.508 e. The van der Waals surface area contributed by atoms with E-state index in [0.29, 0.717) is 5.56 Å². The molecule has 0 aliphatic heterocycles. The predicted molar refractivity (Wildman–Crippen MR) is 50.2 cm³/mol. The summed E-state index contributed by atoms with van der Waals surface area (Å²) in [6, 6.07) is 4.19. The van der Waals surface area contributed by atoms with Crippen molar-refractivity contribution in [2.75, 3.05) is 6.54 Å². The van der Waals surface area contributed by atoms with Crippen molar-refractivity contribution in [3.8, 4) is 5.75 Å². The lowest BCUT2D eigenvalue weighted by atomic mass is 10.1. The van der Waals surface area contributed by atoms with Gasteiger partial charge in [0.1, 0.15) is 11.6 Å². The fourth-order valence-electron chi connectivity index (χ4n) is 1.28. The van der Waals surface area contributed by atoms with Gasteiger partial charge in [-0.15, -0.1) is 0 Å². The molecular weight excluding hydrogens is 169 g/mol. The summed E-state index contributed by atoms with van der Waals surface area (Å²) >= 11 is 0. The molecule has 0 saturated heterocycles. The number of phenols is 1. The summed E-state index contributed by atoms with van der Waals surface area (Å²) in [5.74, 6) is -0.404. The Hall–Kier alpha value is -1.09. The third kappa shape index (κ3) is 2.42. The molecule has 0 aliphatic carbocycles. The molecule has 1 unspecified atom stereocenters. The molecule has 1 aromatic rings. The van der Waals surface area contributed by atoms with Gasteiger partial charge in [-0.3, -0.25) is 0 Å². The van der Waals surface area contributed by atoms with Gasteiger partial charge < -0.3 is 10.4 Å². The lowest BCUT2D eigenvalue weighted by Gasteiger charge is -2.13. The Kier molecular flexibility index (Phi) is 3.25. The zero-order chi connectivity index (χ0) is 9.84. The lowest BCUT2D eigenvalue weighted by Crippen LogP contribution is -2.18. The van der Waals surface area contributed by atoms with Gasteiger partial charge in [0.25, 0.3) is 0 Å². The fraction of sp³-hybridized carbons (Fsp3) is 0.400. The topological polar surface area (TPSA) is 32.3 Å². The van der Waals surface area contributed by atoms with E-state index in [1.165, 1.54) is 6.07 Å². The molecule has 0 bridgehead atoms. The van der Waals surface area contributed by atoms with Crippen LogP contribution >= 0.6 is 0 Å². The van der Waals surface area contributed by atoms with Crippen molar-refractivity contribution in [2.45, 2.75) is 19.9 Å². The Bertz CT molecular complexity index is 288. The van der Waals surface area contributed by atoms with E-state index in [0.717, 1.165) is 12.6 Å². The average Bonchev–Trinajstić information content (AvgIpc) is 2.04. The maximum absolute atomic E-state index is 13.2. The van der Waals surface area contributed by atoms with Crippen LogP contribution in [0.15, 0.2) is 18.2 Å². The van der Waals surface area contributed by atoms with Gasteiger partial charge in [-0.1, -0.05) is 13.0 Å². The van der Waals surface area contributed by atoms with Crippen LogP contribution in [0.5, 0.6) is 5.75 Å². The summed E-state index contributed by atoms with van der Waals surface area (Å²) in [5.41, 5.74) is 0.583. The monoisotopic (exact) mass is 183 g/mol. The first-order valence-corrected chi connectivity index (χ1v) is 4.37. The molecule has 0 amide bonds. The van der Waals surface area contributed by atoms with Crippen molar-refractivity contribution < 1.29 is 9.50 Å². The molecule has 0 aromatic heterocycles. The molecule has 2 nitrogen and oxygen atoms in total. The van der Waals surface area contributed by atoms with E-state index in [9.17, 15) is 4.39 Å². The van der Waals surface area contributed by atoms with Crippen molar-refractivity contribution in [1.82, 2.24) is 5.32 Å². The normalized spacial score (nSPS) is 12.8. The van der Waals surface area contributed by atoms with Crippen molar-refractivity contribution in [2.24, 2.45) is 0 Å². The quantitative estimate of drug-likeness (QED) is 0.753. The number of hydrogen-bond acceptors (Lipinski definition) is 2. The minimum absolute atomic E-state index is 0.0226. The maximum atomic E-state index is 13.2. The number of hydrogen-bond donors (Lipinski definition) is 2. The summed E-state index contributed by atoms with van der Waals surface area (Å²) in [4.78, 5) is 0. The van der Waals surface area contributed by atoms with Crippen LogP contribution in [0.2, 0.25) is 0 Å². The molecule has 1 aromatic carbocycles. The zero-order valence-corrected chi connectivity index (χ0v) is 7.84. The number of aromatic hydroxyl groups is 1. The van der Waals surface area contributed by atoms with Gasteiger partial charge in [-0.05, 0) is 19.5 Å². The first kappa shape index (κ1) is 9.99. The van der Waals surface area contributed by atoms with Crippen molar-refractivity contribution in [1.29, 1.82) is 0 Å². The predicted octanol–water partition coefficient (Wildman–Crippen LogP) is 2.20. The molecular formula is C10H14FNO. The molecule has 0 radical (unpaired) electrons. The van der Waals surface area contributed by atoms with Crippen LogP contribution in [0.1, 0.15) is 25.5 Å². The zero-order valence-electron chi connectivity index (χ0n) is 7.84. The molecule has 2 N–H and O–H groups in total. The Morgan fingerprint density at radius 2 is 2.23 bits per heavy atom. The summed E-state index contributed by atoms with van der Waals surface area (Å²) in [5, 5.41) is 12.1. The van der Waals surface area contributed by atoms with E-state index in [4.69, 9.17) is 5.11 Å². The second kappa shape index (κ2) is 4.23. The molecule has 3 heteroatoms. The number of benzene rings is 1. The number of nitrogens with one attached hydrogen (secondary N) is 1. The summed E-state index contributed by atoms with van der Waals surface area (Å²) < 4.78 is 13.2. The standard InChI is InChI=1S/C10H14FNO/c1-3-12-7(2)9-5-4-8(13)6-10(9)11/h4-7,12-13H,3H2,1-2H3. The number of phenolic OH excluding ortho intramolecular Hbond substituents is 1. The third-order valence-electron chi connectivity index (χ3n) is 1.96. The Morgan fingerprint density at radius 1 is 1.54 bits per heavy atom. The van der Waals surface area contributed by atoms with Gasteiger partial charge >= 0.3 is 0 Å². The molecule has 0 aliphatic rings. The first-order valence-electron chi connectivity index (χ1n) is 4.37. The molecule has 0 fully saturated rings. The Morgan fingerprint density at radius 3 is 2.77 bits per heavy atom. The Labute approximate surface area is 77.4 Å². The summed E-state index contributed by atoms with van der Waals surface area (Å²) in [6.07, 6.45) is 0. The number of halogens is 1. The van der Waals surface area contributed by atoms with Crippen LogP contribution < -0.4 is 5.32 Å². The third-order valence-corrected chi connectivity index (χ3v) is 1.96. The summed E-state index contributed by atoms with van der Waals surface area (Å²) in [7, 11) is 0. The van der Waals surface area contributed by atoms with Crippen LogP contribution in [0, 0.1) is 5.82 Å². The molecule has 1 rings (SSSR count).